The lowest BCUT2D eigenvalue weighted by Gasteiger charge is -2.20. The number of rotatable bonds is 7. The van der Waals surface area contributed by atoms with E-state index >= 15 is 0 Å². The summed E-state index contributed by atoms with van der Waals surface area (Å²) >= 11 is 0. The van der Waals surface area contributed by atoms with E-state index in [-0.39, 0.29) is 28.3 Å². The molecule has 1 heterocycles. The second-order valence-electron chi connectivity index (χ2n) is 6.58. The van der Waals surface area contributed by atoms with Crippen LogP contribution in [0, 0.1) is 10.1 Å². The van der Waals surface area contributed by atoms with E-state index in [9.17, 15) is 20.0 Å². The number of phenols is 1. The number of nitrogens with zero attached hydrogens (tertiary/aromatic N) is 1. The summed E-state index contributed by atoms with van der Waals surface area (Å²) in [5.74, 6) is -0.228. The Labute approximate surface area is 173 Å². The van der Waals surface area contributed by atoms with Gasteiger partial charge in [-0.15, -0.1) is 0 Å². The Morgan fingerprint density at radius 3 is 2.60 bits per heavy atom. The molecule has 2 N–H and O–H groups in total. The standard InChI is InChI=1S/C22H22N2O6/c1-29-18-13-19(30-2)21(22(26)20(18)15-9-11-23-12-10-15)17(25)8-7-14-5-3-4-6-16(14)24(27)28/h3-9,13,23,26H,10-12H2,1-2H3. The van der Waals surface area contributed by atoms with E-state index in [0.29, 0.717) is 24.3 Å². The van der Waals surface area contributed by atoms with Crippen molar-refractivity contribution in [3.8, 4) is 17.2 Å². The molecule has 0 radical (unpaired) electrons. The van der Waals surface area contributed by atoms with Crippen LogP contribution >= 0.6 is 0 Å². The first-order chi connectivity index (χ1) is 14.5. The summed E-state index contributed by atoms with van der Waals surface area (Å²) in [4.78, 5) is 23.6. The van der Waals surface area contributed by atoms with Crippen molar-refractivity contribution in [2.45, 2.75) is 6.42 Å². The van der Waals surface area contributed by atoms with E-state index < -0.39 is 10.7 Å². The number of hydrogen-bond acceptors (Lipinski definition) is 7. The Balaban J connectivity index is 2.07. The van der Waals surface area contributed by atoms with Gasteiger partial charge < -0.3 is 19.9 Å². The SMILES string of the molecule is COc1cc(OC)c(C2=CCNCC2)c(O)c1C(=O)C=Cc1ccccc1[N+](=O)[O-]. The highest BCUT2D eigenvalue weighted by atomic mass is 16.6. The molecule has 0 fully saturated rings. The number of phenolic OH excluding ortho intramolecular Hbond substituents is 1. The van der Waals surface area contributed by atoms with Crippen LogP contribution in [0.5, 0.6) is 17.2 Å². The van der Waals surface area contributed by atoms with Gasteiger partial charge in [0.25, 0.3) is 5.69 Å². The maximum atomic E-state index is 13.0. The van der Waals surface area contributed by atoms with Crippen LogP contribution in [0.15, 0.2) is 42.5 Å². The number of ether oxygens (including phenoxy) is 2. The third kappa shape index (κ3) is 4.18. The topological polar surface area (TPSA) is 111 Å². The normalized spacial score (nSPS) is 13.7. The molecule has 0 saturated carbocycles. The summed E-state index contributed by atoms with van der Waals surface area (Å²) in [6.07, 6.45) is 5.14. The summed E-state index contributed by atoms with van der Waals surface area (Å²) in [6, 6.07) is 7.65. The Morgan fingerprint density at radius 1 is 1.23 bits per heavy atom. The van der Waals surface area contributed by atoms with Gasteiger partial charge >= 0.3 is 0 Å². The molecule has 156 valence electrons. The summed E-state index contributed by atoms with van der Waals surface area (Å²) in [5, 5.41) is 25.4. The molecule has 1 aliphatic rings. The molecule has 30 heavy (non-hydrogen) atoms. The fourth-order valence-corrected chi connectivity index (χ4v) is 3.39. The molecule has 8 nitrogen and oxygen atoms in total. The van der Waals surface area contributed by atoms with E-state index in [1.807, 2.05) is 6.08 Å². The van der Waals surface area contributed by atoms with Gasteiger partial charge in [-0.1, -0.05) is 18.2 Å². The number of aromatic hydroxyl groups is 1. The molecule has 0 amide bonds. The fraction of sp³-hybridized carbons (Fsp3) is 0.227. The molecule has 0 aromatic heterocycles. The van der Waals surface area contributed by atoms with E-state index in [0.717, 1.165) is 12.1 Å². The second-order valence-corrected chi connectivity index (χ2v) is 6.58. The lowest BCUT2D eigenvalue weighted by Crippen LogP contribution is -2.20. The number of carbonyl (C=O) groups is 1. The molecular weight excluding hydrogens is 388 g/mol. The van der Waals surface area contributed by atoms with Crippen molar-refractivity contribution >= 4 is 23.1 Å². The van der Waals surface area contributed by atoms with Crippen molar-refractivity contribution in [1.82, 2.24) is 5.32 Å². The molecule has 0 atom stereocenters. The minimum absolute atomic E-state index is 0.0254. The van der Waals surface area contributed by atoms with Crippen LogP contribution in [0.4, 0.5) is 5.69 Å². The highest BCUT2D eigenvalue weighted by Gasteiger charge is 2.25. The number of hydrogen-bond donors (Lipinski definition) is 2. The van der Waals surface area contributed by atoms with Crippen molar-refractivity contribution in [3.63, 3.8) is 0 Å². The Bertz CT molecular complexity index is 1040. The Morgan fingerprint density at radius 2 is 1.97 bits per heavy atom. The van der Waals surface area contributed by atoms with Gasteiger partial charge in [-0.05, 0) is 36.8 Å². The lowest BCUT2D eigenvalue weighted by molar-refractivity contribution is -0.385. The smallest absolute Gasteiger partial charge is 0.276 e. The number of methoxy groups -OCH3 is 2. The van der Waals surface area contributed by atoms with Crippen molar-refractivity contribution in [1.29, 1.82) is 0 Å². The third-order valence-electron chi connectivity index (χ3n) is 4.85. The predicted molar refractivity (Wildman–Crippen MR) is 113 cm³/mol. The van der Waals surface area contributed by atoms with Gasteiger partial charge in [-0.25, -0.2) is 0 Å². The number of nitrogens with one attached hydrogen (secondary N) is 1. The Kier molecular flexibility index (Phi) is 6.48. The van der Waals surface area contributed by atoms with Crippen LogP contribution in [0.2, 0.25) is 0 Å². The largest absolute Gasteiger partial charge is 0.506 e. The third-order valence-corrected chi connectivity index (χ3v) is 4.85. The van der Waals surface area contributed by atoms with Crippen molar-refractivity contribution < 1.29 is 24.3 Å². The summed E-state index contributed by atoms with van der Waals surface area (Å²) in [6.45, 7) is 1.38. The van der Waals surface area contributed by atoms with Crippen LogP contribution in [0.3, 0.4) is 0 Å². The molecule has 3 rings (SSSR count). The fourth-order valence-electron chi connectivity index (χ4n) is 3.39. The number of allylic oxidation sites excluding steroid dienone is 1. The van der Waals surface area contributed by atoms with Crippen LogP contribution < -0.4 is 14.8 Å². The van der Waals surface area contributed by atoms with Gasteiger partial charge in [0, 0.05) is 18.7 Å². The zero-order valence-electron chi connectivity index (χ0n) is 16.7. The van der Waals surface area contributed by atoms with E-state index in [4.69, 9.17) is 9.47 Å². The highest BCUT2D eigenvalue weighted by Crippen LogP contribution is 2.43. The minimum Gasteiger partial charge on any atom is -0.506 e. The average molecular weight is 410 g/mol. The van der Waals surface area contributed by atoms with Crippen LogP contribution in [0.25, 0.3) is 11.6 Å². The van der Waals surface area contributed by atoms with Crippen LogP contribution in [0.1, 0.15) is 27.9 Å². The molecule has 1 aliphatic heterocycles. The molecule has 0 saturated heterocycles. The van der Waals surface area contributed by atoms with Crippen LogP contribution in [-0.2, 0) is 0 Å². The van der Waals surface area contributed by atoms with E-state index in [2.05, 4.69) is 5.32 Å². The van der Waals surface area contributed by atoms with Crippen LogP contribution in [-0.4, -0.2) is 43.1 Å². The van der Waals surface area contributed by atoms with Gasteiger partial charge in [-0.3, -0.25) is 14.9 Å². The maximum Gasteiger partial charge on any atom is 0.276 e. The average Bonchev–Trinajstić information content (AvgIpc) is 2.77. The molecule has 0 bridgehead atoms. The van der Waals surface area contributed by atoms with Gasteiger partial charge in [0.2, 0.25) is 0 Å². The molecule has 2 aromatic carbocycles. The predicted octanol–water partition coefficient (Wildman–Crippen LogP) is 3.59. The van der Waals surface area contributed by atoms with Crippen molar-refractivity contribution in [2.24, 2.45) is 0 Å². The van der Waals surface area contributed by atoms with Gasteiger partial charge in [0.15, 0.2) is 5.78 Å². The van der Waals surface area contributed by atoms with Gasteiger partial charge in [0.1, 0.15) is 22.8 Å². The highest BCUT2D eigenvalue weighted by molar-refractivity contribution is 6.12. The van der Waals surface area contributed by atoms with Gasteiger partial charge in [0.05, 0.1) is 30.3 Å². The number of para-hydroxylation sites is 1. The molecular formula is C22H22N2O6. The first-order valence-electron chi connectivity index (χ1n) is 9.31. The molecule has 2 aromatic rings. The molecule has 8 heteroatoms. The quantitative estimate of drug-likeness (QED) is 0.311. The zero-order valence-corrected chi connectivity index (χ0v) is 16.7. The number of ketones is 1. The summed E-state index contributed by atoms with van der Waals surface area (Å²) < 4.78 is 10.7. The zero-order chi connectivity index (χ0) is 21.7. The number of carbonyl (C=O) groups excluding carboxylic acids is 1. The first kappa shape index (κ1) is 21.1. The minimum atomic E-state index is -0.541. The molecule has 0 unspecified atom stereocenters. The monoisotopic (exact) mass is 410 g/mol. The van der Waals surface area contributed by atoms with Crippen molar-refractivity contribution in [2.75, 3.05) is 27.3 Å². The number of nitro groups is 1. The number of nitro benzene ring substituents is 1. The van der Waals surface area contributed by atoms with Crippen molar-refractivity contribution in [3.05, 3.63) is 69.3 Å². The Hall–Kier alpha value is -3.65. The summed E-state index contributed by atoms with van der Waals surface area (Å²) in [5.41, 5.74) is 1.45. The van der Waals surface area contributed by atoms with E-state index in [1.165, 1.54) is 38.5 Å². The molecule has 0 spiro atoms. The lowest BCUT2D eigenvalue weighted by atomic mass is 9.93. The molecule has 0 aliphatic carbocycles. The second kappa shape index (κ2) is 9.23. The summed E-state index contributed by atoms with van der Waals surface area (Å²) in [7, 11) is 2.87. The van der Waals surface area contributed by atoms with E-state index in [1.54, 1.807) is 18.2 Å². The first-order valence-corrected chi connectivity index (χ1v) is 9.31. The maximum absolute atomic E-state index is 13.0. The number of benzene rings is 2. The van der Waals surface area contributed by atoms with Gasteiger partial charge in [-0.2, -0.15) is 0 Å².